The molecule has 2 aromatic carbocycles. The summed E-state index contributed by atoms with van der Waals surface area (Å²) in [7, 11) is 0. The number of hydrogen-bond donors (Lipinski definition) is 2. The van der Waals surface area contributed by atoms with Gasteiger partial charge >= 0.3 is 0 Å². The summed E-state index contributed by atoms with van der Waals surface area (Å²) in [6.45, 7) is 11.8. The summed E-state index contributed by atoms with van der Waals surface area (Å²) in [5.41, 5.74) is 3.43. The summed E-state index contributed by atoms with van der Waals surface area (Å²) in [4.78, 5) is 13.2. The van der Waals surface area contributed by atoms with E-state index in [1.807, 2.05) is 37.3 Å². The number of halogens is 3. The first kappa shape index (κ1) is 30.2. The molecule has 3 rings (SSSR count). The molecule has 0 radical (unpaired) electrons. The van der Waals surface area contributed by atoms with Gasteiger partial charge in [-0.25, -0.2) is 4.68 Å². The van der Waals surface area contributed by atoms with Gasteiger partial charge in [-0.2, -0.15) is 5.10 Å². The SMILES string of the molecule is C=CCC(CC)C(C)NCCCCCNC(=O)c1nn(-c2ccc(Cl)cc2Cl)c(-c2ccc(Cl)cc2)c1C. The van der Waals surface area contributed by atoms with Crippen LogP contribution in [0.2, 0.25) is 15.1 Å². The summed E-state index contributed by atoms with van der Waals surface area (Å²) < 4.78 is 1.70. The maximum atomic E-state index is 13.2. The van der Waals surface area contributed by atoms with Gasteiger partial charge in [0.05, 0.1) is 16.4 Å². The van der Waals surface area contributed by atoms with Gasteiger partial charge in [-0.05, 0) is 75.9 Å². The largest absolute Gasteiger partial charge is 0.351 e. The van der Waals surface area contributed by atoms with Crippen molar-refractivity contribution in [1.29, 1.82) is 0 Å². The summed E-state index contributed by atoms with van der Waals surface area (Å²) >= 11 is 18.7. The lowest BCUT2D eigenvalue weighted by molar-refractivity contribution is 0.0947. The topological polar surface area (TPSA) is 58.9 Å². The van der Waals surface area contributed by atoms with Crippen LogP contribution in [-0.2, 0) is 0 Å². The van der Waals surface area contributed by atoms with E-state index in [-0.39, 0.29) is 5.91 Å². The Bertz CT molecular complexity index is 1220. The summed E-state index contributed by atoms with van der Waals surface area (Å²) in [6, 6.07) is 13.1. The van der Waals surface area contributed by atoms with Gasteiger partial charge in [0.1, 0.15) is 0 Å². The Hall–Kier alpha value is -2.31. The number of nitrogens with one attached hydrogen (secondary N) is 2. The molecule has 1 heterocycles. The molecule has 0 spiro atoms. The quantitative estimate of drug-likeness (QED) is 0.150. The first-order chi connectivity index (χ1) is 18.3. The Morgan fingerprint density at radius 1 is 1.05 bits per heavy atom. The van der Waals surface area contributed by atoms with Crippen molar-refractivity contribution in [3.63, 3.8) is 0 Å². The highest BCUT2D eigenvalue weighted by Crippen LogP contribution is 2.33. The lowest BCUT2D eigenvalue weighted by Gasteiger charge is -2.22. The first-order valence-corrected chi connectivity index (χ1v) is 14.3. The third-order valence-electron chi connectivity index (χ3n) is 6.90. The highest BCUT2D eigenvalue weighted by Gasteiger charge is 2.23. The van der Waals surface area contributed by atoms with Crippen LogP contribution in [0, 0.1) is 12.8 Å². The van der Waals surface area contributed by atoms with Crippen molar-refractivity contribution in [1.82, 2.24) is 20.4 Å². The second-order valence-corrected chi connectivity index (χ2v) is 10.9. The average Bonchev–Trinajstić information content (AvgIpc) is 3.23. The van der Waals surface area contributed by atoms with Crippen LogP contribution in [0.4, 0.5) is 0 Å². The Morgan fingerprint density at radius 3 is 2.39 bits per heavy atom. The molecule has 1 amide bonds. The minimum atomic E-state index is -0.205. The zero-order valence-corrected chi connectivity index (χ0v) is 24.6. The molecular weight excluding hydrogens is 539 g/mol. The fourth-order valence-electron chi connectivity index (χ4n) is 4.63. The van der Waals surface area contributed by atoms with Gasteiger partial charge in [0.25, 0.3) is 5.91 Å². The predicted molar refractivity (Wildman–Crippen MR) is 161 cm³/mol. The summed E-state index contributed by atoms with van der Waals surface area (Å²) in [5.74, 6) is 0.416. The number of nitrogens with zero attached hydrogens (tertiary/aromatic N) is 2. The van der Waals surface area contributed by atoms with E-state index >= 15 is 0 Å². The summed E-state index contributed by atoms with van der Waals surface area (Å²) in [5, 5.41) is 13.0. The standard InChI is InChI=1S/C30H37Cl3N4O/c1-5-10-22(6-2)21(4)34-17-8-7-9-18-35-30(38)28-20(3)29(23-11-13-24(31)14-12-23)37(36-28)27-16-15-25(32)19-26(27)33/h5,11-16,19,21-22,34H,1,6-10,17-18H2,2-4H3,(H,35,38). The van der Waals surface area contributed by atoms with Gasteiger partial charge in [-0.1, -0.05) is 72.8 Å². The Labute approximate surface area is 241 Å². The molecule has 8 heteroatoms. The third kappa shape index (κ3) is 7.86. The molecule has 0 saturated carbocycles. The first-order valence-electron chi connectivity index (χ1n) is 13.2. The van der Waals surface area contributed by atoms with E-state index in [0.717, 1.165) is 55.5 Å². The number of unbranched alkanes of at least 4 members (excludes halogenated alkanes) is 2. The van der Waals surface area contributed by atoms with Crippen molar-refractivity contribution in [2.45, 2.75) is 58.9 Å². The van der Waals surface area contributed by atoms with Crippen LogP contribution < -0.4 is 10.6 Å². The highest BCUT2D eigenvalue weighted by molar-refractivity contribution is 6.35. The van der Waals surface area contributed by atoms with Gasteiger partial charge in [0.15, 0.2) is 5.69 Å². The van der Waals surface area contributed by atoms with Crippen LogP contribution >= 0.6 is 34.8 Å². The molecule has 0 aliphatic carbocycles. The number of benzene rings is 2. The molecule has 2 unspecified atom stereocenters. The van der Waals surface area contributed by atoms with E-state index < -0.39 is 0 Å². The molecule has 3 aromatic rings. The zero-order valence-electron chi connectivity index (χ0n) is 22.4. The minimum absolute atomic E-state index is 0.205. The monoisotopic (exact) mass is 574 g/mol. The molecule has 0 aliphatic rings. The van der Waals surface area contributed by atoms with Gasteiger partial charge in [0, 0.05) is 33.8 Å². The van der Waals surface area contributed by atoms with Crippen LogP contribution in [-0.4, -0.2) is 34.8 Å². The molecule has 2 atom stereocenters. The van der Waals surface area contributed by atoms with Crippen molar-refractivity contribution in [3.05, 3.63) is 81.4 Å². The average molecular weight is 576 g/mol. The van der Waals surface area contributed by atoms with Crippen molar-refractivity contribution < 1.29 is 4.79 Å². The molecule has 0 aliphatic heterocycles. The van der Waals surface area contributed by atoms with E-state index in [0.29, 0.717) is 45.0 Å². The third-order valence-corrected chi connectivity index (χ3v) is 7.69. The van der Waals surface area contributed by atoms with Crippen molar-refractivity contribution in [2.24, 2.45) is 5.92 Å². The second-order valence-electron chi connectivity index (χ2n) is 9.59. The highest BCUT2D eigenvalue weighted by atomic mass is 35.5. The number of hydrogen-bond acceptors (Lipinski definition) is 3. The number of amides is 1. The number of allylic oxidation sites excluding steroid dienone is 1. The Balaban J connectivity index is 1.65. The van der Waals surface area contributed by atoms with Gasteiger partial charge in [-0.3, -0.25) is 4.79 Å². The lowest BCUT2D eigenvalue weighted by atomic mass is 9.94. The molecule has 38 heavy (non-hydrogen) atoms. The van der Waals surface area contributed by atoms with Crippen LogP contribution in [0.15, 0.2) is 55.1 Å². The van der Waals surface area contributed by atoms with Gasteiger partial charge in [0.2, 0.25) is 0 Å². The van der Waals surface area contributed by atoms with Crippen molar-refractivity contribution in [3.8, 4) is 16.9 Å². The van der Waals surface area contributed by atoms with Gasteiger partial charge in [-0.15, -0.1) is 6.58 Å². The van der Waals surface area contributed by atoms with E-state index in [9.17, 15) is 4.79 Å². The fourth-order valence-corrected chi connectivity index (χ4v) is 5.25. The zero-order chi connectivity index (χ0) is 27.7. The molecule has 2 N–H and O–H groups in total. The Morgan fingerprint density at radius 2 is 1.74 bits per heavy atom. The second kappa shape index (κ2) is 14.7. The van der Waals surface area contributed by atoms with Crippen LogP contribution in [0.3, 0.4) is 0 Å². The molecule has 204 valence electrons. The van der Waals surface area contributed by atoms with Crippen LogP contribution in [0.5, 0.6) is 0 Å². The predicted octanol–water partition coefficient (Wildman–Crippen LogP) is 8.29. The molecule has 5 nitrogen and oxygen atoms in total. The Kier molecular flexibility index (Phi) is 11.7. The van der Waals surface area contributed by atoms with Crippen molar-refractivity contribution in [2.75, 3.05) is 13.1 Å². The van der Waals surface area contributed by atoms with E-state index in [4.69, 9.17) is 34.8 Å². The van der Waals surface area contributed by atoms with Crippen LogP contribution in [0.25, 0.3) is 16.9 Å². The number of carbonyl (C=O) groups excluding carboxylic acids is 1. The molecule has 1 aromatic heterocycles. The maximum Gasteiger partial charge on any atom is 0.272 e. The van der Waals surface area contributed by atoms with E-state index in [1.165, 1.54) is 0 Å². The molecule has 0 bridgehead atoms. The summed E-state index contributed by atoms with van der Waals surface area (Å²) in [6.07, 6.45) is 7.18. The van der Waals surface area contributed by atoms with Gasteiger partial charge < -0.3 is 10.6 Å². The molecule has 0 saturated heterocycles. The number of aromatic nitrogens is 2. The fraction of sp³-hybridized carbons (Fsp3) is 0.400. The normalized spacial score (nSPS) is 12.8. The molecular formula is C30H37Cl3N4O. The number of rotatable bonds is 14. The maximum absolute atomic E-state index is 13.2. The van der Waals surface area contributed by atoms with Crippen LogP contribution in [0.1, 0.15) is 62.0 Å². The molecule has 0 fully saturated rings. The van der Waals surface area contributed by atoms with E-state index in [2.05, 4.69) is 36.2 Å². The van der Waals surface area contributed by atoms with Crippen molar-refractivity contribution >= 4 is 40.7 Å². The number of carbonyl (C=O) groups is 1. The lowest BCUT2D eigenvalue weighted by Crippen LogP contribution is -2.33. The smallest absolute Gasteiger partial charge is 0.272 e. The minimum Gasteiger partial charge on any atom is -0.351 e. The van der Waals surface area contributed by atoms with E-state index in [1.54, 1.807) is 22.9 Å².